The van der Waals surface area contributed by atoms with Crippen LogP contribution in [0.3, 0.4) is 0 Å². The van der Waals surface area contributed by atoms with Crippen LogP contribution < -0.4 is 5.56 Å². The second-order valence-corrected chi connectivity index (χ2v) is 8.38. The molecule has 9 heteroatoms. The van der Waals surface area contributed by atoms with Gasteiger partial charge in [0.15, 0.2) is 5.01 Å². The third-order valence-electron chi connectivity index (χ3n) is 3.51. The van der Waals surface area contributed by atoms with Crippen molar-refractivity contribution in [2.75, 3.05) is 5.75 Å². The predicted octanol–water partition coefficient (Wildman–Crippen LogP) is 3.72. The van der Waals surface area contributed by atoms with Crippen LogP contribution in [0.1, 0.15) is 5.69 Å². The molecule has 27 heavy (non-hydrogen) atoms. The minimum absolute atomic E-state index is 0.0356. The maximum Gasteiger partial charge on any atom is 0.316 e. The fourth-order valence-corrected chi connectivity index (χ4v) is 4.72. The predicted molar refractivity (Wildman–Crippen MR) is 107 cm³/mol. The fraction of sp³-hybridized carbons (Fsp3) is 0.111. The third kappa shape index (κ3) is 4.26. The van der Waals surface area contributed by atoms with Gasteiger partial charge in [-0.1, -0.05) is 35.6 Å². The Morgan fingerprint density at radius 3 is 2.81 bits per heavy atom. The van der Waals surface area contributed by atoms with Gasteiger partial charge in [0.05, 0.1) is 16.3 Å². The Balaban J connectivity index is 1.43. The van der Waals surface area contributed by atoms with Crippen molar-refractivity contribution in [3.05, 3.63) is 70.0 Å². The number of hydrogen-bond donors (Lipinski definition) is 0. The van der Waals surface area contributed by atoms with Crippen LogP contribution in [-0.2, 0) is 16.1 Å². The number of esters is 1. The van der Waals surface area contributed by atoms with E-state index in [1.54, 1.807) is 11.3 Å². The molecule has 0 unspecified atom stereocenters. The molecule has 0 aliphatic rings. The van der Waals surface area contributed by atoms with Gasteiger partial charge in [0.1, 0.15) is 6.61 Å². The Bertz CT molecular complexity index is 1120. The van der Waals surface area contributed by atoms with Crippen LogP contribution in [0.25, 0.3) is 14.8 Å². The molecule has 3 aromatic heterocycles. The van der Waals surface area contributed by atoms with Gasteiger partial charge < -0.3 is 4.74 Å². The smallest absolute Gasteiger partial charge is 0.316 e. The molecule has 0 aliphatic heterocycles. The molecule has 136 valence electrons. The van der Waals surface area contributed by atoms with Crippen LogP contribution in [0.5, 0.6) is 0 Å². The van der Waals surface area contributed by atoms with E-state index in [2.05, 4.69) is 10.1 Å². The summed E-state index contributed by atoms with van der Waals surface area (Å²) in [5.74, 6) is -0.150. The average molecular weight is 416 g/mol. The second-order valence-electron chi connectivity index (χ2n) is 5.43. The summed E-state index contributed by atoms with van der Waals surface area (Å²) in [5.41, 5.74) is 0.128. The van der Waals surface area contributed by atoms with E-state index in [9.17, 15) is 9.59 Å². The largest absolute Gasteiger partial charge is 0.459 e. The maximum atomic E-state index is 12.3. The van der Waals surface area contributed by atoms with E-state index in [1.807, 2.05) is 47.8 Å². The van der Waals surface area contributed by atoms with Gasteiger partial charge >= 0.3 is 5.97 Å². The molecule has 4 aromatic rings. The quantitative estimate of drug-likeness (QED) is 0.353. The molecule has 3 heterocycles. The van der Waals surface area contributed by atoms with Crippen LogP contribution in [0.2, 0.25) is 0 Å². The second kappa shape index (κ2) is 8.03. The van der Waals surface area contributed by atoms with Crippen LogP contribution >= 0.6 is 34.4 Å². The number of thioether (sulfide) groups is 1. The molecule has 6 nitrogen and oxygen atoms in total. The summed E-state index contributed by atoms with van der Waals surface area (Å²) >= 11 is 4.29. The first-order valence-electron chi connectivity index (χ1n) is 7.96. The number of benzene rings is 1. The highest BCUT2D eigenvalue weighted by Gasteiger charge is 2.12. The van der Waals surface area contributed by atoms with Crippen LogP contribution in [-0.4, -0.2) is 26.3 Å². The number of carbonyl (C=O) groups excluding carboxylic acids is 1. The van der Waals surface area contributed by atoms with Crippen molar-refractivity contribution < 1.29 is 9.53 Å². The Labute approximate surface area is 166 Å². The number of ether oxygens (including phenoxy) is 1. The van der Waals surface area contributed by atoms with E-state index < -0.39 is 0 Å². The van der Waals surface area contributed by atoms with E-state index in [4.69, 9.17) is 4.74 Å². The lowest BCUT2D eigenvalue weighted by molar-refractivity contribution is -0.141. The standard InChI is InChI=1S/C18H13N3O3S3/c22-15-9-12(10-24-16(23)11-26-13-5-2-1-3-6-13)19-18-21(15)20-17(27-18)14-7-4-8-25-14/h1-9H,10-11H2. The monoisotopic (exact) mass is 415 g/mol. The molecule has 0 bridgehead atoms. The summed E-state index contributed by atoms with van der Waals surface area (Å²) < 4.78 is 6.52. The van der Waals surface area contributed by atoms with E-state index in [0.717, 1.165) is 14.8 Å². The molecule has 0 fully saturated rings. The molecule has 0 atom stereocenters. The van der Waals surface area contributed by atoms with Crippen molar-refractivity contribution in [2.24, 2.45) is 0 Å². The molecule has 0 saturated carbocycles. The number of nitrogens with zero attached hydrogens (tertiary/aromatic N) is 3. The summed E-state index contributed by atoms with van der Waals surface area (Å²) in [4.78, 5) is 31.1. The number of hydrogen-bond acceptors (Lipinski definition) is 8. The van der Waals surface area contributed by atoms with E-state index in [-0.39, 0.29) is 23.9 Å². The van der Waals surface area contributed by atoms with Gasteiger partial charge in [0.25, 0.3) is 5.56 Å². The summed E-state index contributed by atoms with van der Waals surface area (Å²) in [6.07, 6.45) is 0. The molecule has 4 rings (SSSR count). The topological polar surface area (TPSA) is 73.6 Å². The number of carbonyl (C=O) groups is 1. The number of thiophene rings is 1. The zero-order chi connectivity index (χ0) is 18.6. The van der Waals surface area contributed by atoms with Crippen molar-refractivity contribution >= 4 is 45.4 Å². The molecule has 0 saturated heterocycles. The molecule has 1 aromatic carbocycles. The molecule has 0 amide bonds. The van der Waals surface area contributed by atoms with Crippen LogP contribution in [0.4, 0.5) is 0 Å². The summed E-state index contributed by atoms with van der Waals surface area (Å²) in [6, 6.07) is 14.8. The minimum atomic E-state index is -0.352. The molecule has 0 N–H and O–H groups in total. The molecular weight excluding hydrogens is 402 g/mol. The van der Waals surface area contributed by atoms with Gasteiger partial charge in [-0.2, -0.15) is 9.61 Å². The van der Waals surface area contributed by atoms with E-state index in [1.165, 1.54) is 33.7 Å². The highest BCUT2D eigenvalue weighted by Crippen LogP contribution is 2.28. The van der Waals surface area contributed by atoms with Crippen LogP contribution in [0, 0.1) is 0 Å². The average Bonchev–Trinajstić information content (AvgIpc) is 3.35. The van der Waals surface area contributed by atoms with Crippen LogP contribution in [0.15, 0.2) is 63.6 Å². The van der Waals surface area contributed by atoms with Crippen molar-refractivity contribution in [3.8, 4) is 9.88 Å². The highest BCUT2D eigenvalue weighted by molar-refractivity contribution is 8.00. The van der Waals surface area contributed by atoms with Crippen molar-refractivity contribution in [1.29, 1.82) is 0 Å². The fourth-order valence-electron chi connectivity index (χ4n) is 2.29. The summed E-state index contributed by atoms with van der Waals surface area (Å²) in [5, 5.41) is 7.01. The van der Waals surface area contributed by atoms with Gasteiger partial charge in [-0.05, 0) is 23.6 Å². The Hall–Kier alpha value is -2.49. The lowest BCUT2D eigenvalue weighted by Crippen LogP contribution is -2.16. The van der Waals surface area contributed by atoms with Gasteiger partial charge in [0.2, 0.25) is 4.96 Å². The zero-order valence-electron chi connectivity index (χ0n) is 13.9. The summed E-state index contributed by atoms with van der Waals surface area (Å²) in [7, 11) is 0. The first kappa shape index (κ1) is 17.9. The van der Waals surface area contributed by atoms with Gasteiger partial charge in [-0.25, -0.2) is 4.98 Å². The minimum Gasteiger partial charge on any atom is -0.459 e. The highest BCUT2D eigenvalue weighted by atomic mass is 32.2. The number of aromatic nitrogens is 3. The lowest BCUT2D eigenvalue weighted by Gasteiger charge is -2.04. The third-order valence-corrected chi connectivity index (χ3v) is 6.44. The normalized spacial score (nSPS) is 11.0. The van der Waals surface area contributed by atoms with Gasteiger partial charge in [-0.15, -0.1) is 23.1 Å². The number of rotatable bonds is 6. The van der Waals surface area contributed by atoms with E-state index >= 15 is 0 Å². The maximum absolute atomic E-state index is 12.3. The first-order valence-corrected chi connectivity index (χ1v) is 10.6. The van der Waals surface area contributed by atoms with Gasteiger partial charge in [0, 0.05) is 11.0 Å². The lowest BCUT2D eigenvalue weighted by atomic mass is 10.4. The SMILES string of the molecule is O=C(CSc1ccccc1)OCc1cc(=O)n2nc(-c3cccs3)sc2n1. The summed E-state index contributed by atoms with van der Waals surface area (Å²) in [6.45, 7) is -0.0356. The first-order chi connectivity index (χ1) is 13.2. The molecule has 0 radical (unpaired) electrons. The Kier molecular flexibility index (Phi) is 5.33. The molecule has 0 spiro atoms. The van der Waals surface area contributed by atoms with Crippen molar-refractivity contribution in [2.45, 2.75) is 11.5 Å². The van der Waals surface area contributed by atoms with Crippen molar-refractivity contribution in [3.63, 3.8) is 0 Å². The van der Waals surface area contributed by atoms with Gasteiger partial charge in [-0.3, -0.25) is 9.59 Å². The molecular formula is C18H13N3O3S3. The zero-order valence-corrected chi connectivity index (χ0v) is 16.4. The Morgan fingerprint density at radius 1 is 1.19 bits per heavy atom. The molecule has 0 aliphatic carbocycles. The Morgan fingerprint density at radius 2 is 2.04 bits per heavy atom. The van der Waals surface area contributed by atoms with Crippen molar-refractivity contribution in [1.82, 2.24) is 14.6 Å². The number of fused-ring (bicyclic) bond motifs is 1. The van der Waals surface area contributed by atoms with E-state index in [0.29, 0.717) is 10.7 Å².